The van der Waals surface area contributed by atoms with Gasteiger partial charge in [0.2, 0.25) is 0 Å². The number of amides is 2. The zero-order valence-corrected chi connectivity index (χ0v) is 12.0. The van der Waals surface area contributed by atoms with Crippen molar-refractivity contribution in [2.75, 3.05) is 19.6 Å². The number of carbonyl (C=O) groups excluding carboxylic acids is 1. The average molecular weight is 275 g/mol. The molecular weight excluding hydrogens is 254 g/mol. The van der Waals surface area contributed by atoms with E-state index in [2.05, 4.69) is 20.3 Å². The topological polar surface area (TPSA) is 73.9 Å². The summed E-state index contributed by atoms with van der Waals surface area (Å²) < 4.78 is 0. The van der Waals surface area contributed by atoms with E-state index in [1.807, 2.05) is 20.0 Å². The highest BCUT2D eigenvalue weighted by atomic mass is 16.2. The molecule has 6 heteroatoms. The maximum atomic E-state index is 11.8. The van der Waals surface area contributed by atoms with Crippen LogP contribution in [-0.4, -0.2) is 45.5 Å². The van der Waals surface area contributed by atoms with Gasteiger partial charge in [0.25, 0.3) is 0 Å². The molecule has 108 valence electrons. The molecular formula is C14H21N5O. The van der Waals surface area contributed by atoms with Crippen molar-refractivity contribution >= 4 is 17.2 Å². The van der Waals surface area contributed by atoms with E-state index in [1.54, 1.807) is 17.3 Å². The molecule has 0 radical (unpaired) electrons. The quantitative estimate of drug-likeness (QED) is 0.791. The van der Waals surface area contributed by atoms with Crippen molar-refractivity contribution in [1.82, 2.24) is 25.2 Å². The summed E-state index contributed by atoms with van der Waals surface area (Å²) >= 11 is 0. The highest BCUT2D eigenvalue weighted by molar-refractivity contribution is 5.75. The van der Waals surface area contributed by atoms with Gasteiger partial charge >= 0.3 is 6.03 Å². The number of aromatic amines is 1. The Morgan fingerprint density at radius 1 is 1.30 bits per heavy atom. The molecule has 0 saturated carbocycles. The van der Waals surface area contributed by atoms with E-state index in [9.17, 15) is 4.79 Å². The molecule has 0 saturated heterocycles. The zero-order valence-electron chi connectivity index (χ0n) is 12.0. The SMILES string of the molecule is CCN(CC)C(=O)NCCCc1c[nH]c2nccnc12. The first kappa shape index (κ1) is 14.3. The van der Waals surface area contributed by atoms with Crippen LogP contribution >= 0.6 is 0 Å². The van der Waals surface area contributed by atoms with Crippen molar-refractivity contribution in [3.8, 4) is 0 Å². The number of aromatic nitrogens is 3. The van der Waals surface area contributed by atoms with Gasteiger partial charge in [0.05, 0.1) is 0 Å². The predicted molar refractivity (Wildman–Crippen MR) is 78.5 cm³/mol. The van der Waals surface area contributed by atoms with Gasteiger partial charge in [-0.05, 0) is 32.3 Å². The Morgan fingerprint density at radius 3 is 2.80 bits per heavy atom. The molecule has 2 rings (SSSR count). The third kappa shape index (κ3) is 3.26. The van der Waals surface area contributed by atoms with Gasteiger partial charge in [0.1, 0.15) is 5.52 Å². The molecule has 2 N–H and O–H groups in total. The van der Waals surface area contributed by atoms with Crippen LogP contribution in [-0.2, 0) is 6.42 Å². The van der Waals surface area contributed by atoms with Gasteiger partial charge in [-0.3, -0.25) is 4.98 Å². The lowest BCUT2D eigenvalue weighted by Crippen LogP contribution is -2.40. The molecule has 20 heavy (non-hydrogen) atoms. The van der Waals surface area contributed by atoms with Crippen LogP contribution in [0.1, 0.15) is 25.8 Å². The van der Waals surface area contributed by atoms with Gasteiger partial charge in [-0.15, -0.1) is 0 Å². The van der Waals surface area contributed by atoms with Gasteiger partial charge in [-0.1, -0.05) is 0 Å². The van der Waals surface area contributed by atoms with Crippen LogP contribution in [0, 0.1) is 0 Å². The summed E-state index contributed by atoms with van der Waals surface area (Å²) in [7, 11) is 0. The van der Waals surface area contributed by atoms with E-state index < -0.39 is 0 Å². The fraction of sp³-hybridized carbons (Fsp3) is 0.500. The molecule has 0 aliphatic carbocycles. The normalized spacial score (nSPS) is 10.7. The molecule has 0 aliphatic heterocycles. The molecule has 0 fully saturated rings. The second kappa shape index (κ2) is 6.88. The molecule has 0 aliphatic rings. The predicted octanol–water partition coefficient (Wildman–Crippen LogP) is 1.94. The van der Waals surface area contributed by atoms with Crippen molar-refractivity contribution in [1.29, 1.82) is 0 Å². The summed E-state index contributed by atoms with van der Waals surface area (Å²) in [5, 5.41) is 2.94. The maximum absolute atomic E-state index is 11.8. The minimum absolute atomic E-state index is 0.00807. The molecule has 0 spiro atoms. The Morgan fingerprint density at radius 2 is 2.05 bits per heavy atom. The van der Waals surface area contributed by atoms with Crippen LogP contribution in [0.2, 0.25) is 0 Å². The first-order chi connectivity index (χ1) is 9.76. The van der Waals surface area contributed by atoms with E-state index in [0.717, 1.165) is 42.7 Å². The Hall–Kier alpha value is -2.11. The zero-order chi connectivity index (χ0) is 14.4. The van der Waals surface area contributed by atoms with E-state index >= 15 is 0 Å². The summed E-state index contributed by atoms with van der Waals surface area (Å²) in [6.07, 6.45) is 7.07. The summed E-state index contributed by atoms with van der Waals surface area (Å²) in [5.74, 6) is 0. The van der Waals surface area contributed by atoms with E-state index in [1.165, 1.54) is 0 Å². The van der Waals surface area contributed by atoms with Gasteiger partial charge < -0.3 is 15.2 Å². The molecule has 2 amide bonds. The number of hydrogen-bond donors (Lipinski definition) is 2. The highest BCUT2D eigenvalue weighted by Gasteiger charge is 2.08. The third-order valence-electron chi connectivity index (χ3n) is 3.34. The fourth-order valence-corrected chi connectivity index (χ4v) is 2.19. The van der Waals surface area contributed by atoms with Crippen LogP contribution < -0.4 is 5.32 Å². The second-order valence-corrected chi connectivity index (χ2v) is 4.58. The number of nitrogens with one attached hydrogen (secondary N) is 2. The number of hydrogen-bond acceptors (Lipinski definition) is 3. The van der Waals surface area contributed by atoms with E-state index in [0.29, 0.717) is 6.54 Å². The smallest absolute Gasteiger partial charge is 0.317 e. The van der Waals surface area contributed by atoms with Crippen LogP contribution in [0.25, 0.3) is 11.2 Å². The van der Waals surface area contributed by atoms with Gasteiger partial charge in [0, 0.05) is 38.2 Å². The molecule has 2 aromatic rings. The number of aryl methyl sites for hydroxylation is 1. The summed E-state index contributed by atoms with van der Waals surface area (Å²) in [6.45, 7) is 6.10. The van der Waals surface area contributed by atoms with Crippen molar-refractivity contribution < 1.29 is 4.79 Å². The first-order valence-corrected chi connectivity index (χ1v) is 7.06. The van der Waals surface area contributed by atoms with Crippen molar-refractivity contribution in [2.24, 2.45) is 0 Å². The number of carbonyl (C=O) groups is 1. The molecule has 0 bridgehead atoms. The van der Waals surface area contributed by atoms with Gasteiger partial charge in [-0.25, -0.2) is 9.78 Å². The van der Waals surface area contributed by atoms with Crippen LogP contribution in [0.4, 0.5) is 4.79 Å². The highest BCUT2D eigenvalue weighted by Crippen LogP contribution is 2.14. The Balaban J connectivity index is 1.80. The monoisotopic (exact) mass is 275 g/mol. The van der Waals surface area contributed by atoms with Gasteiger partial charge in [0.15, 0.2) is 5.65 Å². The summed E-state index contributed by atoms with van der Waals surface area (Å²) in [4.78, 5) is 25.2. The third-order valence-corrected chi connectivity index (χ3v) is 3.34. The molecule has 2 aromatic heterocycles. The van der Waals surface area contributed by atoms with Crippen molar-refractivity contribution in [2.45, 2.75) is 26.7 Å². The Kier molecular flexibility index (Phi) is 4.92. The standard InChI is InChI=1S/C14H21N5O/c1-3-19(4-2)14(20)17-7-5-6-11-10-18-13-12(11)15-8-9-16-13/h8-10H,3-7H2,1-2H3,(H,16,18)(H,17,20). The summed E-state index contributed by atoms with van der Waals surface area (Å²) in [6, 6.07) is 0.00807. The minimum atomic E-state index is 0.00807. The minimum Gasteiger partial charge on any atom is -0.345 e. The molecule has 0 unspecified atom stereocenters. The van der Waals surface area contributed by atoms with Crippen molar-refractivity contribution in [3.63, 3.8) is 0 Å². The number of fused-ring (bicyclic) bond motifs is 1. The molecule has 0 atom stereocenters. The number of nitrogens with zero attached hydrogens (tertiary/aromatic N) is 3. The average Bonchev–Trinajstić information content (AvgIpc) is 2.88. The van der Waals surface area contributed by atoms with E-state index in [4.69, 9.17) is 0 Å². The van der Waals surface area contributed by atoms with Crippen LogP contribution in [0.3, 0.4) is 0 Å². The van der Waals surface area contributed by atoms with Crippen molar-refractivity contribution in [3.05, 3.63) is 24.2 Å². The second-order valence-electron chi connectivity index (χ2n) is 4.58. The lowest BCUT2D eigenvalue weighted by Gasteiger charge is -2.19. The summed E-state index contributed by atoms with van der Waals surface area (Å²) in [5.41, 5.74) is 2.88. The lowest BCUT2D eigenvalue weighted by molar-refractivity contribution is 0.203. The van der Waals surface area contributed by atoms with Crippen LogP contribution in [0.5, 0.6) is 0 Å². The number of rotatable bonds is 6. The Labute approximate surface area is 118 Å². The molecule has 6 nitrogen and oxygen atoms in total. The number of urea groups is 1. The van der Waals surface area contributed by atoms with E-state index in [-0.39, 0.29) is 6.03 Å². The molecule has 0 aromatic carbocycles. The lowest BCUT2D eigenvalue weighted by atomic mass is 10.2. The maximum Gasteiger partial charge on any atom is 0.317 e. The number of H-pyrrole nitrogens is 1. The van der Waals surface area contributed by atoms with Crippen LogP contribution in [0.15, 0.2) is 18.6 Å². The van der Waals surface area contributed by atoms with Gasteiger partial charge in [-0.2, -0.15) is 0 Å². The fourth-order valence-electron chi connectivity index (χ4n) is 2.19. The Bertz CT molecular complexity index is 561. The largest absolute Gasteiger partial charge is 0.345 e. The molecule has 2 heterocycles. The first-order valence-electron chi connectivity index (χ1n) is 7.06.